The van der Waals surface area contributed by atoms with Crippen LogP contribution >= 0.6 is 0 Å². The summed E-state index contributed by atoms with van der Waals surface area (Å²) in [5, 5.41) is 8.60. The fourth-order valence-corrected chi connectivity index (χ4v) is 1.40. The van der Waals surface area contributed by atoms with Crippen LogP contribution in [0.15, 0.2) is 24.3 Å². The standard InChI is InChI=1S/C12H16O/c1-10-7-11(2)9-12(8-10)5-3-4-6-13/h3,5,7-9,13H,4,6H2,1-2H3/b5-3-. The zero-order valence-electron chi connectivity index (χ0n) is 8.25. The maximum Gasteiger partial charge on any atom is 0.0465 e. The fraction of sp³-hybridized carbons (Fsp3) is 0.333. The molecular formula is C12H16O. The van der Waals surface area contributed by atoms with Crippen LogP contribution in [0.5, 0.6) is 0 Å². The first-order valence-electron chi connectivity index (χ1n) is 4.58. The van der Waals surface area contributed by atoms with Crippen molar-refractivity contribution >= 4 is 6.08 Å². The van der Waals surface area contributed by atoms with E-state index in [0.717, 1.165) is 6.42 Å². The highest BCUT2D eigenvalue weighted by atomic mass is 16.2. The van der Waals surface area contributed by atoms with E-state index in [0.29, 0.717) is 0 Å². The first-order valence-corrected chi connectivity index (χ1v) is 4.58. The molecule has 0 atom stereocenters. The van der Waals surface area contributed by atoms with Crippen molar-refractivity contribution in [3.05, 3.63) is 41.0 Å². The first-order chi connectivity index (χ1) is 6.22. The van der Waals surface area contributed by atoms with Gasteiger partial charge in [0.25, 0.3) is 0 Å². The van der Waals surface area contributed by atoms with Gasteiger partial charge in [-0.15, -0.1) is 0 Å². The van der Waals surface area contributed by atoms with Crippen molar-refractivity contribution in [2.24, 2.45) is 0 Å². The van der Waals surface area contributed by atoms with Crippen molar-refractivity contribution in [1.82, 2.24) is 0 Å². The van der Waals surface area contributed by atoms with Crippen molar-refractivity contribution in [1.29, 1.82) is 0 Å². The van der Waals surface area contributed by atoms with Gasteiger partial charge >= 0.3 is 0 Å². The summed E-state index contributed by atoms with van der Waals surface area (Å²) in [4.78, 5) is 0. The van der Waals surface area contributed by atoms with Gasteiger partial charge in [-0.3, -0.25) is 0 Å². The molecule has 1 aromatic rings. The Kier molecular flexibility index (Phi) is 3.71. The van der Waals surface area contributed by atoms with Crippen molar-refractivity contribution in [2.75, 3.05) is 6.61 Å². The van der Waals surface area contributed by atoms with Gasteiger partial charge in [0.1, 0.15) is 0 Å². The zero-order chi connectivity index (χ0) is 9.68. The maximum atomic E-state index is 8.60. The molecule has 0 aliphatic heterocycles. The van der Waals surface area contributed by atoms with Crippen LogP contribution in [0, 0.1) is 13.8 Å². The van der Waals surface area contributed by atoms with Crippen LogP contribution in [-0.2, 0) is 0 Å². The predicted octanol–water partition coefficient (Wildman–Crippen LogP) is 2.70. The molecule has 0 saturated heterocycles. The van der Waals surface area contributed by atoms with E-state index in [1.54, 1.807) is 0 Å². The molecule has 1 nitrogen and oxygen atoms in total. The molecule has 0 aliphatic carbocycles. The average molecular weight is 176 g/mol. The summed E-state index contributed by atoms with van der Waals surface area (Å²) in [6, 6.07) is 6.44. The number of hydrogen-bond acceptors (Lipinski definition) is 1. The number of hydrogen-bond donors (Lipinski definition) is 1. The SMILES string of the molecule is Cc1cc(C)cc(/C=C\CCO)c1. The number of rotatable bonds is 3. The summed E-state index contributed by atoms with van der Waals surface area (Å²) in [6.07, 6.45) is 4.78. The average Bonchev–Trinajstić information content (AvgIpc) is 2.03. The van der Waals surface area contributed by atoms with E-state index in [4.69, 9.17) is 5.11 Å². The highest BCUT2D eigenvalue weighted by molar-refractivity contribution is 5.51. The van der Waals surface area contributed by atoms with Gasteiger partial charge in [-0.2, -0.15) is 0 Å². The minimum absolute atomic E-state index is 0.224. The van der Waals surface area contributed by atoms with Crippen LogP contribution in [0.25, 0.3) is 6.08 Å². The molecule has 0 bridgehead atoms. The van der Waals surface area contributed by atoms with Crippen LogP contribution in [0.1, 0.15) is 23.1 Å². The van der Waals surface area contributed by atoms with E-state index in [9.17, 15) is 0 Å². The van der Waals surface area contributed by atoms with E-state index >= 15 is 0 Å². The molecular weight excluding hydrogens is 160 g/mol. The molecule has 1 heteroatoms. The lowest BCUT2D eigenvalue weighted by molar-refractivity contribution is 0.303. The second-order valence-corrected chi connectivity index (χ2v) is 3.34. The molecule has 0 unspecified atom stereocenters. The minimum Gasteiger partial charge on any atom is -0.396 e. The molecule has 1 N–H and O–H groups in total. The first kappa shape index (κ1) is 10.0. The van der Waals surface area contributed by atoms with Gasteiger partial charge in [-0.1, -0.05) is 41.5 Å². The van der Waals surface area contributed by atoms with E-state index < -0.39 is 0 Å². The minimum atomic E-state index is 0.224. The van der Waals surface area contributed by atoms with E-state index in [2.05, 4.69) is 38.1 Å². The van der Waals surface area contributed by atoms with Crippen LogP contribution in [0.3, 0.4) is 0 Å². The normalized spacial score (nSPS) is 11.0. The van der Waals surface area contributed by atoms with Gasteiger partial charge in [-0.05, 0) is 25.8 Å². The van der Waals surface area contributed by atoms with Gasteiger partial charge < -0.3 is 5.11 Å². The monoisotopic (exact) mass is 176 g/mol. The second kappa shape index (κ2) is 4.83. The highest BCUT2D eigenvalue weighted by Crippen LogP contribution is 2.10. The Morgan fingerprint density at radius 3 is 2.31 bits per heavy atom. The van der Waals surface area contributed by atoms with Crippen molar-refractivity contribution < 1.29 is 5.11 Å². The van der Waals surface area contributed by atoms with Crippen molar-refractivity contribution in [2.45, 2.75) is 20.3 Å². The maximum absolute atomic E-state index is 8.60. The van der Waals surface area contributed by atoms with Crippen molar-refractivity contribution in [3.8, 4) is 0 Å². The molecule has 0 fully saturated rings. The summed E-state index contributed by atoms with van der Waals surface area (Å²) < 4.78 is 0. The van der Waals surface area contributed by atoms with Crippen LogP contribution in [0.4, 0.5) is 0 Å². The van der Waals surface area contributed by atoms with E-state index in [1.807, 2.05) is 6.08 Å². The zero-order valence-corrected chi connectivity index (χ0v) is 8.25. The summed E-state index contributed by atoms with van der Waals surface area (Å²) in [7, 11) is 0. The second-order valence-electron chi connectivity index (χ2n) is 3.34. The molecule has 0 heterocycles. The Balaban J connectivity index is 2.77. The number of aliphatic hydroxyl groups excluding tert-OH is 1. The fourth-order valence-electron chi connectivity index (χ4n) is 1.40. The van der Waals surface area contributed by atoms with Crippen molar-refractivity contribution in [3.63, 3.8) is 0 Å². The largest absolute Gasteiger partial charge is 0.396 e. The summed E-state index contributed by atoms with van der Waals surface area (Å²) in [6.45, 7) is 4.41. The molecule has 0 aromatic heterocycles. The molecule has 0 amide bonds. The van der Waals surface area contributed by atoms with E-state index in [-0.39, 0.29) is 6.61 Å². The Bertz CT molecular complexity index is 280. The van der Waals surface area contributed by atoms with Gasteiger partial charge in [0.05, 0.1) is 0 Å². The van der Waals surface area contributed by atoms with Crippen LogP contribution < -0.4 is 0 Å². The Morgan fingerprint density at radius 2 is 1.77 bits per heavy atom. The number of aliphatic hydroxyl groups is 1. The highest BCUT2D eigenvalue weighted by Gasteiger charge is 1.90. The predicted molar refractivity (Wildman–Crippen MR) is 56.7 cm³/mol. The molecule has 0 radical (unpaired) electrons. The van der Waals surface area contributed by atoms with Gasteiger partial charge in [0.15, 0.2) is 0 Å². The van der Waals surface area contributed by atoms with Gasteiger partial charge in [0.2, 0.25) is 0 Å². The third kappa shape index (κ3) is 3.43. The molecule has 0 saturated carbocycles. The lowest BCUT2D eigenvalue weighted by atomic mass is 10.1. The lowest BCUT2D eigenvalue weighted by Gasteiger charge is -1.99. The smallest absolute Gasteiger partial charge is 0.0465 e. The lowest BCUT2D eigenvalue weighted by Crippen LogP contribution is -1.80. The molecule has 13 heavy (non-hydrogen) atoms. The summed E-state index contributed by atoms with van der Waals surface area (Å²) in [5.41, 5.74) is 3.78. The third-order valence-electron chi connectivity index (χ3n) is 1.85. The van der Waals surface area contributed by atoms with Crippen LogP contribution in [-0.4, -0.2) is 11.7 Å². The van der Waals surface area contributed by atoms with Gasteiger partial charge in [0, 0.05) is 6.61 Å². The molecule has 1 rings (SSSR count). The Morgan fingerprint density at radius 1 is 1.15 bits per heavy atom. The van der Waals surface area contributed by atoms with E-state index in [1.165, 1.54) is 16.7 Å². The topological polar surface area (TPSA) is 20.2 Å². The number of benzene rings is 1. The molecule has 0 aliphatic rings. The summed E-state index contributed by atoms with van der Waals surface area (Å²) >= 11 is 0. The Hall–Kier alpha value is -1.08. The summed E-state index contributed by atoms with van der Waals surface area (Å²) in [5.74, 6) is 0. The number of aryl methyl sites for hydroxylation is 2. The molecule has 1 aromatic carbocycles. The van der Waals surface area contributed by atoms with Gasteiger partial charge in [-0.25, -0.2) is 0 Å². The Labute approximate surface area is 79.7 Å². The van der Waals surface area contributed by atoms with Crippen LogP contribution in [0.2, 0.25) is 0 Å². The third-order valence-corrected chi connectivity index (χ3v) is 1.85. The quantitative estimate of drug-likeness (QED) is 0.750. The molecule has 70 valence electrons. The molecule has 0 spiro atoms.